The van der Waals surface area contributed by atoms with Gasteiger partial charge >= 0.3 is 17.9 Å². The number of nitrogens with two attached hydrogens (primary N) is 1. The normalized spacial score (nSPS) is 10.2. The first-order valence-electron chi connectivity index (χ1n) is 8.59. The van der Waals surface area contributed by atoms with Crippen LogP contribution in [0.4, 0.5) is 5.69 Å². The molecule has 0 spiro atoms. The van der Waals surface area contributed by atoms with Crippen LogP contribution >= 0.6 is 0 Å². The summed E-state index contributed by atoms with van der Waals surface area (Å²) in [6, 6.07) is 17.7. The van der Waals surface area contributed by atoms with Crippen LogP contribution in [0.15, 0.2) is 66.7 Å². The predicted octanol–water partition coefficient (Wildman–Crippen LogP) is 3.71. The van der Waals surface area contributed by atoms with Gasteiger partial charge < -0.3 is 20.3 Å². The van der Waals surface area contributed by atoms with E-state index in [1.54, 1.807) is 48.5 Å². The Morgan fingerprint density at radius 2 is 1.28 bits per heavy atom. The van der Waals surface area contributed by atoms with E-state index in [2.05, 4.69) is 0 Å². The van der Waals surface area contributed by atoms with Gasteiger partial charge in [-0.05, 0) is 42.8 Å². The van der Waals surface area contributed by atoms with E-state index in [-0.39, 0.29) is 33.9 Å². The fourth-order valence-corrected chi connectivity index (χ4v) is 2.79. The van der Waals surface area contributed by atoms with E-state index in [1.807, 2.05) is 0 Å². The first-order valence-corrected chi connectivity index (χ1v) is 8.59. The summed E-state index contributed by atoms with van der Waals surface area (Å²) in [5.74, 6) is -2.67. The molecule has 0 radical (unpaired) electrons. The van der Waals surface area contributed by atoms with Gasteiger partial charge in [0.2, 0.25) is 0 Å². The number of para-hydroxylation sites is 2. The van der Waals surface area contributed by atoms with Crippen LogP contribution in [0.1, 0.15) is 36.6 Å². The molecule has 0 saturated carbocycles. The molecule has 0 saturated heterocycles. The van der Waals surface area contributed by atoms with Gasteiger partial charge in [0.05, 0.1) is 22.4 Å². The summed E-state index contributed by atoms with van der Waals surface area (Å²) >= 11 is 0. The van der Waals surface area contributed by atoms with Crippen LogP contribution in [0.25, 0.3) is 0 Å². The van der Waals surface area contributed by atoms with Gasteiger partial charge in [0, 0.05) is 0 Å². The molecule has 146 valence electrons. The number of hydrogen-bond donors (Lipinski definition) is 2. The molecule has 0 amide bonds. The molecule has 0 atom stereocenters. The van der Waals surface area contributed by atoms with Gasteiger partial charge in [-0.15, -0.1) is 0 Å². The van der Waals surface area contributed by atoms with Crippen molar-refractivity contribution in [1.82, 2.24) is 0 Å². The highest BCUT2D eigenvalue weighted by Crippen LogP contribution is 2.28. The average Bonchev–Trinajstić information content (AvgIpc) is 2.70. The first-order chi connectivity index (χ1) is 13.9. The molecule has 7 heteroatoms. The SMILES string of the molecule is Cc1cc(C(=O)Oc2ccccc2)c(N)c(C(=O)Oc2ccccc2)c1C(=O)O. The van der Waals surface area contributed by atoms with Gasteiger partial charge in [-0.3, -0.25) is 0 Å². The molecule has 0 unspecified atom stereocenters. The minimum atomic E-state index is -1.36. The van der Waals surface area contributed by atoms with E-state index in [9.17, 15) is 19.5 Å². The first kappa shape index (κ1) is 19.6. The Bertz CT molecular complexity index is 1080. The van der Waals surface area contributed by atoms with Gasteiger partial charge in [-0.2, -0.15) is 0 Å². The van der Waals surface area contributed by atoms with Gasteiger partial charge in [0.25, 0.3) is 0 Å². The van der Waals surface area contributed by atoms with Crippen LogP contribution in [0.2, 0.25) is 0 Å². The van der Waals surface area contributed by atoms with Crippen molar-refractivity contribution in [3.8, 4) is 11.5 Å². The Morgan fingerprint density at radius 3 is 1.76 bits per heavy atom. The molecule has 3 aromatic carbocycles. The van der Waals surface area contributed by atoms with E-state index in [0.29, 0.717) is 0 Å². The maximum atomic E-state index is 12.7. The summed E-state index contributed by atoms with van der Waals surface area (Å²) in [6.07, 6.45) is 0. The average molecular weight is 391 g/mol. The number of anilines is 1. The molecule has 0 fully saturated rings. The highest BCUT2D eigenvalue weighted by atomic mass is 16.5. The van der Waals surface area contributed by atoms with E-state index >= 15 is 0 Å². The third kappa shape index (κ3) is 4.24. The number of carboxylic acid groups (broad SMARTS) is 1. The number of carboxylic acids is 1. The van der Waals surface area contributed by atoms with Gasteiger partial charge in [0.15, 0.2) is 0 Å². The molecular formula is C22H17NO6. The van der Waals surface area contributed by atoms with Crippen LogP contribution in [-0.2, 0) is 0 Å². The largest absolute Gasteiger partial charge is 0.478 e. The Morgan fingerprint density at radius 1 is 0.793 bits per heavy atom. The number of carbonyl (C=O) groups excluding carboxylic acids is 2. The van der Waals surface area contributed by atoms with Crippen LogP contribution < -0.4 is 15.2 Å². The molecule has 0 aliphatic carbocycles. The molecule has 0 bridgehead atoms. The monoisotopic (exact) mass is 391 g/mol. The van der Waals surface area contributed by atoms with Crippen LogP contribution in [0.5, 0.6) is 11.5 Å². The second-order valence-corrected chi connectivity index (χ2v) is 6.11. The predicted molar refractivity (Wildman–Crippen MR) is 105 cm³/mol. The number of carbonyl (C=O) groups is 3. The molecule has 0 aliphatic rings. The lowest BCUT2D eigenvalue weighted by Crippen LogP contribution is -2.22. The molecule has 3 aromatic rings. The third-order valence-electron chi connectivity index (χ3n) is 4.11. The maximum absolute atomic E-state index is 12.7. The number of benzene rings is 3. The van der Waals surface area contributed by atoms with Gasteiger partial charge in [0.1, 0.15) is 11.5 Å². The van der Waals surface area contributed by atoms with E-state index in [4.69, 9.17) is 15.2 Å². The lowest BCUT2D eigenvalue weighted by atomic mass is 9.95. The maximum Gasteiger partial charge on any atom is 0.346 e. The number of aromatic carboxylic acids is 1. The number of rotatable bonds is 5. The lowest BCUT2D eigenvalue weighted by molar-refractivity contribution is 0.0665. The number of aryl methyl sites for hydroxylation is 1. The van der Waals surface area contributed by atoms with E-state index < -0.39 is 23.5 Å². The summed E-state index contributed by atoms with van der Waals surface area (Å²) in [4.78, 5) is 37.1. The molecular weight excluding hydrogens is 374 g/mol. The van der Waals surface area contributed by atoms with E-state index in [1.165, 1.54) is 25.1 Å². The number of ether oxygens (including phenoxy) is 2. The molecule has 0 aromatic heterocycles. The number of hydrogen-bond acceptors (Lipinski definition) is 6. The number of nitrogen functional groups attached to an aromatic ring is 1. The molecule has 0 aliphatic heterocycles. The zero-order chi connectivity index (χ0) is 21.0. The molecule has 0 heterocycles. The van der Waals surface area contributed by atoms with Crippen molar-refractivity contribution < 1.29 is 29.0 Å². The van der Waals surface area contributed by atoms with Gasteiger partial charge in [-0.1, -0.05) is 36.4 Å². The van der Waals surface area contributed by atoms with Crippen molar-refractivity contribution in [2.45, 2.75) is 6.92 Å². The second-order valence-electron chi connectivity index (χ2n) is 6.11. The van der Waals surface area contributed by atoms with Crippen molar-refractivity contribution in [3.05, 3.63) is 89.0 Å². The quantitative estimate of drug-likeness (QED) is 0.387. The Hall–Kier alpha value is -4.13. The zero-order valence-electron chi connectivity index (χ0n) is 15.4. The van der Waals surface area contributed by atoms with Crippen molar-refractivity contribution in [3.63, 3.8) is 0 Å². The summed E-state index contributed by atoms with van der Waals surface area (Å²) in [5.41, 5.74) is 5.02. The summed E-state index contributed by atoms with van der Waals surface area (Å²) in [7, 11) is 0. The molecule has 3 N–H and O–H groups in total. The Labute approximate surface area is 166 Å². The summed E-state index contributed by atoms with van der Waals surface area (Å²) in [6.45, 7) is 1.46. The van der Waals surface area contributed by atoms with Crippen molar-refractivity contribution in [2.75, 3.05) is 5.73 Å². The second kappa shape index (κ2) is 8.26. The molecule has 29 heavy (non-hydrogen) atoms. The van der Waals surface area contributed by atoms with Crippen molar-refractivity contribution >= 4 is 23.6 Å². The summed E-state index contributed by atoms with van der Waals surface area (Å²) < 4.78 is 10.5. The van der Waals surface area contributed by atoms with Gasteiger partial charge in [-0.25, -0.2) is 14.4 Å². The van der Waals surface area contributed by atoms with Crippen molar-refractivity contribution in [2.24, 2.45) is 0 Å². The standard InChI is InChI=1S/C22H17NO6/c1-13-12-16(21(26)28-14-8-4-2-5-9-14)19(23)18(17(13)20(24)25)22(27)29-15-10-6-3-7-11-15/h2-12H,23H2,1H3,(H,24,25). The minimum absolute atomic E-state index is 0.128. The highest BCUT2D eigenvalue weighted by Gasteiger charge is 2.28. The summed E-state index contributed by atoms with van der Waals surface area (Å²) in [5, 5.41) is 9.57. The fourth-order valence-electron chi connectivity index (χ4n) is 2.79. The third-order valence-corrected chi connectivity index (χ3v) is 4.11. The molecule has 3 rings (SSSR count). The van der Waals surface area contributed by atoms with Crippen molar-refractivity contribution in [1.29, 1.82) is 0 Å². The van der Waals surface area contributed by atoms with Crippen LogP contribution in [0.3, 0.4) is 0 Å². The lowest BCUT2D eigenvalue weighted by Gasteiger charge is -2.15. The minimum Gasteiger partial charge on any atom is -0.478 e. The zero-order valence-corrected chi connectivity index (χ0v) is 15.4. The Kier molecular flexibility index (Phi) is 5.59. The Balaban J connectivity index is 2.05. The molecule has 7 nitrogen and oxygen atoms in total. The highest BCUT2D eigenvalue weighted by molar-refractivity contribution is 6.12. The van der Waals surface area contributed by atoms with Crippen LogP contribution in [0, 0.1) is 6.92 Å². The van der Waals surface area contributed by atoms with Crippen LogP contribution in [-0.4, -0.2) is 23.0 Å². The number of esters is 2. The van der Waals surface area contributed by atoms with E-state index in [0.717, 1.165) is 0 Å². The fraction of sp³-hybridized carbons (Fsp3) is 0.0455. The smallest absolute Gasteiger partial charge is 0.346 e. The topological polar surface area (TPSA) is 116 Å².